The molecule has 0 bridgehead atoms. The Morgan fingerprint density at radius 2 is 2.25 bits per heavy atom. The van der Waals surface area contributed by atoms with Gasteiger partial charge in [0.05, 0.1) is 31.0 Å². The topological polar surface area (TPSA) is 56.2 Å². The summed E-state index contributed by atoms with van der Waals surface area (Å²) in [6, 6.07) is 7.94. The van der Waals surface area contributed by atoms with Gasteiger partial charge in [-0.25, -0.2) is 9.78 Å². The van der Waals surface area contributed by atoms with E-state index in [-0.39, 0.29) is 5.97 Å². The molecule has 106 valence electrons. The molecule has 20 heavy (non-hydrogen) atoms. The molecule has 1 unspecified atom stereocenters. The van der Waals surface area contributed by atoms with Crippen molar-refractivity contribution in [1.29, 1.82) is 0 Å². The molecule has 1 aliphatic carbocycles. The molecule has 1 atom stereocenters. The monoisotopic (exact) mass is 273 g/mol. The lowest BCUT2D eigenvalue weighted by Crippen LogP contribution is -2.56. The van der Waals surface area contributed by atoms with E-state index >= 15 is 0 Å². The number of ether oxygens (including phenoxy) is 1. The smallest absolute Gasteiger partial charge is 0.328 e. The van der Waals surface area contributed by atoms with Gasteiger partial charge in [0.1, 0.15) is 5.54 Å². The van der Waals surface area contributed by atoms with Crippen LogP contribution in [0.5, 0.6) is 0 Å². The number of para-hydroxylation sites is 2. The zero-order valence-corrected chi connectivity index (χ0v) is 11.8. The highest BCUT2D eigenvalue weighted by atomic mass is 16.5. The second-order valence-electron chi connectivity index (χ2n) is 5.35. The van der Waals surface area contributed by atoms with Gasteiger partial charge in [-0.3, -0.25) is 0 Å². The van der Waals surface area contributed by atoms with Crippen LogP contribution in [0.15, 0.2) is 30.6 Å². The Hall–Kier alpha value is -1.88. The SMILES string of the molecule is CNC(Cn1cnc2ccccc21)(C(=O)OC)C1CC1. The van der Waals surface area contributed by atoms with Crippen LogP contribution in [0, 0.1) is 5.92 Å². The maximum Gasteiger partial charge on any atom is 0.328 e. The van der Waals surface area contributed by atoms with Crippen LogP contribution in [0.1, 0.15) is 12.8 Å². The number of imidazole rings is 1. The van der Waals surface area contributed by atoms with Gasteiger partial charge in [-0.05, 0) is 37.9 Å². The van der Waals surface area contributed by atoms with Crippen LogP contribution < -0.4 is 5.32 Å². The molecule has 0 aliphatic heterocycles. The van der Waals surface area contributed by atoms with E-state index in [1.165, 1.54) is 7.11 Å². The normalized spacial score (nSPS) is 17.9. The molecule has 0 saturated heterocycles. The van der Waals surface area contributed by atoms with Crippen LogP contribution in [-0.2, 0) is 16.1 Å². The van der Waals surface area contributed by atoms with Crippen LogP contribution >= 0.6 is 0 Å². The van der Waals surface area contributed by atoms with Crippen molar-refractivity contribution < 1.29 is 9.53 Å². The third kappa shape index (κ3) is 1.98. The molecule has 1 aliphatic rings. The first-order chi connectivity index (χ1) is 9.71. The summed E-state index contributed by atoms with van der Waals surface area (Å²) in [5.74, 6) is 0.140. The number of rotatable bonds is 5. The number of fused-ring (bicyclic) bond motifs is 1. The number of carbonyl (C=O) groups excluding carboxylic acids is 1. The van der Waals surface area contributed by atoms with Gasteiger partial charge in [-0.2, -0.15) is 0 Å². The van der Waals surface area contributed by atoms with Gasteiger partial charge in [0, 0.05) is 0 Å². The van der Waals surface area contributed by atoms with E-state index in [4.69, 9.17) is 4.74 Å². The van der Waals surface area contributed by atoms with E-state index < -0.39 is 5.54 Å². The van der Waals surface area contributed by atoms with Crippen molar-refractivity contribution in [2.75, 3.05) is 14.2 Å². The molecular formula is C15H19N3O2. The summed E-state index contributed by atoms with van der Waals surface area (Å²) in [6.07, 6.45) is 3.91. The second-order valence-corrected chi connectivity index (χ2v) is 5.35. The number of nitrogens with one attached hydrogen (secondary N) is 1. The lowest BCUT2D eigenvalue weighted by molar-refractivity contribution is -0.150. The summed E-state index contributed by atoms with van der Waals surface area (Å²) >= 11 is 0. The maximum absolute atomic E-state index is 12.3. The Morgan fingerprint density at radius 3 is 2.90 bits per heavy atom. The van der Waals surface area contributed by atoms with Crippen LogP contribution in [0.4, 0.5) is 0 Å². The summed E-state index contributed by atoms with van der Waals surface area (Å²) < 4.78 is 7.06. The van der Waals surface area contributed by atoms with E-state index in [0.717, 1.165) is 23.9 Å². The molecule has 1 fully saturated rings. The summed E-state index contributed by atoms with van der Waals surface area (Å²) in [4.78, 5) is 16.7. The first-order valence-electron chi connectivity index (χ1n) is 6.88. The van der Waals surface area contributed by atoms with Crippen LogP contribution in [-0.4, -0.2) is 35.2 Å². The number of hydrogen-bond donors (Lipinski definition) is 1. The molecule has 0 radical (unpaired) electrons. The predicted octanol–water partition coefficient (Wildman–Crippen LogP) is 1.58. The van der Waals surface area contributed by atoms with Gasteiger partial charge >= 0.3 is 5.97 Å². The Bertz CT molecular complexity index is 633. The fraction of sp³-hybridized carbons (Fsp3) is 0.467. The molecule has 0 spiro atoms. The average Bonchev–Trinajstić information content (AvgIpc) is 3.27. The molecule has 2 aromatic rings. The van der Waals surface area contributed by atoms with Crippen molar-refractivity contribution in [1.82, 2.24) is 14.9 Å². The van der Waals surface area contributed by atoms with Gasteiger partial charge in [0.25, 0.3) is 0 Å². The first-order valence-corrected chi connectivity index (χ1v) is 6.88. The number of likely N-dealkylation sites (N-methyl/N-ethyl adjacent to an activating group) is 1. The van der Waals surface area contributed by atoms with E-state index in [9.17, 15) is 4.79 Å². The third-order valence-corrected chi connectivity index (χ3v) is 4.22. The molecule has 5 nitrogen and oxygen atoms in total. The highest BCUT2D eigenvalue weighted by molar-refractivity contribution is 5.82. The molecule has 1 N–H and O–H groups in total. The number of esters is 1. The Morgan fingerprint density at radius 1 is 1.50 bits per heavy atom. The predicted molar refractivity (Wildman–Crippen MR) is 76.3 cm³/mol. The zero-order valence-electron chi connectivity index (χ0n) is 11.8. The fourth-order valence-corrected chi connectivity index (χ4v) is 2.91. The minimum atomic E-state index is -0.655. The molecule has 1 heterocycles. The molecule has 1 aromatic heterocycles. The minimum absolute atomic E-state index is 0.194. The van der Waals surface area contributed by atoms with Crippen molar-refractivity contribution in [3.8, 4) is 0 Å². The third-order valence-electron chi connectivity index (χ3n) is 4.22. The summed E-state index contributed by atoms with van der Waals surface area (Å²) in [5, 5.41) is 3.21. The Labute approximate surface area is 117 Å². The summed E-state index contributed by atoms with van der Waals surface area (Å²) in [5.41, 5.74) is 1.33. The molecule has 5 heteroatoms. The number of aromatic nitrogens is 2. The number of benzene rings is 1. The molecule has 1 aromatic carbocycles. The number of hydrogen-bond acceptors (Lipinski definition) is 4. The van der Waals surface area contributed by atoms with E-state index in [1.54, 1.807) is 6.33 Å². The lowest BCUT2D eigenvalue weighted by Gasteiger charge is -2.31. The fourth-order valence-electron chi connectivity index (χ4n) is 2.91. The minimum Gasteiger partial charge on any atom is -0.468 e. The van der Waals surface area contributed by atoms with Crippen molar-refractivity contribution in [2.24, 2.45) is 5.92 Å². The van der Waals surface area contributed by atoms with Gasteiger partial charge < -0.3 is 14.6 Å². The van der Waals surface area contributed by atoms with E-state index in [2.05, 4.69) is 10.3 Å². The largest absolute Gasteiger partial charge is 0.468 e. The molecule has 1 saturated carbocycles. The van der Waals surface area contributed by atoms with Crippen molar-refractivity contribution in [3.05, 3.63) is 30.6 Å². The zero-order chi connectivity index (χ0) is 14.2. The number of carbonyl (C=O) groups is 1. The lowest BCUT2D eigenvalue weighted by atomic mass is 9.93. The van der Waals surface area contributed by atoms with Crippen molar-refractivity contribution in [2.45, 2.75) is 24.9 Å². The second kappa shape index (κ2) is 4.90. The highest BCUT2D eigenvalue weighted by Crippen LogP contribution is 2.41. The molecule has 0 amide bonds. The van der Waals surface area contributed by atoms with Crippen molar-refractivity contribution in [3.63, 3.8) is 0 Å². The molecular weight excluding hydrogens is 254 g/mol. The summed E-state index contributed by atoms with van der Waals surface area (Å²) in [7, 11) is 3.27. The maximum atomic E-state index is 12.3. The highest BCUT2D eigenvalue weighted by Gasteiger charge is 2.51. The van der Waals surface area contributed by atoms with Crippen molar-refractivity contribution >= 4 is 17.0 Å². The quantitative estimate of drug-likeness (QED) is 0.840. The number of methoxy groups -OCH3 is 1. The number of nitrogens with zero attached hydrogens (tertiary/aromatic N) is 2. The van der Waals surface area contributed by atoms with Gasteiger partial charge in [0.15, 0.2) is 0 Å². The van der Waals surface area contributed by atoms with Crippen LogP contribution in [0.3, 0.4) is 0 Å². The Kier molecular flexibility index (Phi) is 3.22. The van der Waals surface area contributed by atoms with Gasteiger partial charge in [-0.15, -0.1) is 0 Å². The standard InChI is InChI=1S/C15H19N3O2/c1-16-15(11-7-8-11,14(19)20-2)9-18-10-17-12-5-3-4-6-13(12)18/h3-6,10-11,16H,7-9H2,1-2H3. The first kappa shape index (κ1) is 13.1. The van der Waals surface area contributed by atoms with Gasteiger partial charge in [-0.1, -0.05) is 12.1 Å². The Balaban J connectivity index is 1.99. The van der Waals surface area contributed by atoms with Crippen LogP contribution in [0.2, 0.25) is 0 Å². The van der Waals surface area contributed by atoms with Crippen LogP contribution in [0.25, 0.3) is 11.0 Å². The summed E-state index contributed by atoms with van der Waals surface area (Å²) in [6.45, 7) is 0.543. The van der Waals surface area contributed by atoms with Gasteiger partial charge in [0.2, 0.25) is 0 Å². The van der Waals surface area contributed by atoms with E-state index in [1.807, 2.05) is 35.9 Å². The molecule has 3 rings (SSSR count). The average molecular weight is 273 g/mol. The van der Waals surface area contributed by atoms with E-state index in [0.29, 0.717) is 12.5 Å².